The van der Waals surface area contributed by atoms with E-state index in [4.69, 9.17) is 0 Å². The standard InChI is InChI=1S/C6H14N2O2Se/c1-2-4-8-5-3-7-6(8)11(9)10/h6-7,11H,2-5H2,1H3. The Labute approximate surface area is 70.2 Å². The Morgan fingerprint density at radius 2 is 2.36 bits per heavy atom. The molecule has 1 N–H and O–H groups in total. The summed E-state index contributed by atoms with van der Waals surface area (Å²) in [4.78, 5) is 1.99. The predicted octanol–water partition coefficient (Wildman–Crippen LogP) is -0.752. The fourth-order valence-corrected chi connectivity index (χ4v) is 2.95. The number of hydrogen-bond acceptors (Lipinski definition) is 4. The first-order valence-electron chi connectivity index (χ1n) is 3.86. The van der Waals surface area contributed by atoms with E-state index in [0.717, 1.165) is 26.1 Å². The van der Waals surface area contributed by atoms with Crippen molar-refractivity contribution in [3.05, 3.63) is 0 Å². The summed E-state index contributed by atoms with van der Waals surface area (Å²) in [5.41, 5.74) is 0. The molecule has 0 bridgehead atoms. The molecular weight excluding hydrogens is 211 g/mol. The zero-order valence-corrected chi connectivity index (χ0v) is 8.49. The fourth-order valence-electron chi connectivity index (χ4n) is 1.32. The average Bonchev–Trinajstić information content (AvgIpc) is 2.36. The van der Waals surface area contributed by atoms with E-state index in [0.29, 0.717) is 0 Å². The Hall–Kier alpha value is 0.0395. The van der Waals surface area contributed by atoms with Gasteiger partial charge in [0.2, 0.25) is 0 Å². The Kier molecular flexibility index (Phi) is 3.45. The molecule has 1 atom stereocenters. The summed E-state index contributed by atoms with van der Waals surface area (Å²) in [6.07, 6.45) is 1.01. The van der Waals surface area contributed by atoms with E-state index in [2.05, 4.69) is 12.2 Å². The fraction of sp³-hybridized carbons (Fsp3) is 1.00. The van der Waals surface area contributed by atoms with Gasteiger partial charge in [0, 0.05) is 0 Å². The van der Waals surface area contributed by atoms with Crippen molar-refractivity contribution < 1.29 is 7.67 Å². The van der Waals surface area contributed by atoms with Crippen LogP contribution in [0, 0.1) is 0 Å². The summed E-state index contributed by atoms with van der Waals surface area (Å²) >= 11 is -3.06. The van der Waals surface area contributed by atoms with Crippen LogP contribution in [0.5, 0.6) is 0 Å². The molecule has 1 heterocycles. The SMILES string of the molecule is CCCN1CCNC1[SeH](=O)=O. The average molecular weight is 225 g/mol. The molecule has 1 aliphatic heterocycles. The number of nitrogens with zero attached hydrogens (tertiary/aromatic N) is 1. The molecule has 1 unspecified atom stereocenters. The van der Waals surface area contributed by atoms with Crippen LogP contribution in [0.4, 0.5) is 0 Å². The van der Waals surface area contributed by atoms with E-state index in [-0.39, 0.29) is 5.06 Å². The van der Waals surface area contributed by atoms with Gasteiger partial charge in [-0.05, 0) is 0 Å². The van der Waals surface area contributed by atoms with Crippen LogP contribution in [-0.4, -0.2) is 43.4 Å². The van der Waals surface area contributed by atoms with Crippen molar-refractivity contribution in [1.29, 1.82) is 0 Å². The van der Waals surface area contributed by atoms with Crippen molar-refractivity contribution >= 4 is 13.8 Å². The monoisotopic (exact) mass is 226 g/mol. The first-order chi connectivity index (χ1) is 5.25. The molecule has 0 aromatic carbocycles. The topological polar surface area (TPSA) is 49.4 Å². The quantitative estimate of drug-likeness (QED) is 0.642. The Morgan fingerprint density at radius 1 is 1.64 bits per heavy atom. The van der Waals surface area contributed by atoms with Crippen LogP contribution in [0.3, 0.4) is 0 Å². The third-order valence-corrected chi connectivity index (χ3v) is 3.69. The predicted molar refractivity (Wildman–Crippen MR) is 42.2 cm³/mol. The Bertz CT molecular complexity index is 185. The van der Waals surface area contributed by atoms with E-state index < -0.39 is 13.8 Å². The van der Waals surface area contributed by atoms with Gasteiger partial charge in [-0.2, -0.15) is 0 Å². The Balaban J connectivity index is 2.50. The second kappa shape index (κ2) is 4.16. The van der Waals surface area contributed by atoms with Crippen molar-refractivity contribution in [2.24, 2.45) is 0 Å². The number of nitrogens with one attached hydrogen (secondary N) is 1. The van der Waals surface area contributed by atoms with Gasteiger partial charge in [0.05, 0.1) is 0 Å². The third kappa shape index (κ3) is 2.23. The first-order valence-corrected chi connectivity index (χ1v) is 6.48. The molecule has 0 radical (unpaired) electrons. The minimum absolute atomic E-state index is 0.331. The molecule has 5 heteroatoms. The summed E-state index contributed by atoms with van der Waals surface area (Å²) in [5, 5.41) is 2.63. The van der Waals surface area contributed by atoms with Crippen LogP contribution < -0.4 is 5.32 Å². The van der Waals surface area contributed by atoms with Crippen LogP contribution in [-0.2, 0) is 7.67 Å². The second-order valence-corrected chi connectivity index (χ2v) is 4.87. The van der Waals surface area contributed by atoms with E-state index in [1.54, 1.807) is 0 Å². The summed E-state index contributed by atoms with van der Waals surface area (Å²) < 4.78 is 21.4. The summed E-state index contributed by atoms with van der Waals surface area (Å²) in [7, 11) is 0. The maximum atomic E-state index is 10.7. The molecule has 11 heavy (non-hydrogen) atoms. The summed E-state index contributed by atoms with van der Waals surface area (Å²) in [5.74, 6) is 0. The second-order valence-electron chi connectivity index (χ2n) is 2.65. The van der Waals surface area contributed by atoms with Crippen LogP contribution >= 0.6 is 0 Å². The van der Waals surface area contributed by atoms with E-state index in [9.17, 15) is 7.67 Å². The zero-order valence-electron chi connectivity index (χ0n) is 6.62. The summed E-state index contributed by atoms with van der Waals surface area (Å²) in [6, 6.07) is 0. The molecule has 1 rings (SSSR count). The van der Waals surface area contributed by atoms with Gasteiger partial charge in [-0.3, -0.25) is 0 Å². The van der Waals surface area contributed by atoms with Gasteiger partial charge in [-0.1, -0.05) is 0 Å². The van der Waals surface area contributed by atoms with E-state index in [1.165, 1.54) is 0 Å². The van der Waals surface area contributed by atoms with Crippen molar-refractivity contribution in [1.82, 2.24) is 10.2 Å². The molecule has 4 nitrogen and oxygen atoms in total. The van der Waals surface area contributed by atoms with Gasteiger partial charge in [0.15, 0.2) is 0 Å². The third-order valence-electron chi connectivity index (χ3n) is 1.78. The zero-order chi connectivity index (χ0) is 8.27. The van der Waals surface area contributed by atoms with Crippen LogP contribution in [0.2, 0.25) is 0 Å². The molecule has 1 aliphatic rings. The molecule has 0 aromatic rings. The van der Waals surface area contributed by atoms with E-state index in [1.807, 2.05) is 4.90 Å². The van der Waals surface area contributed by atoms with Gasteiger partial charge >= 0.3 is 69.7 Å². The minimum atomic E-state index is -3.06. The van der Waals surface area contributed by atoms with Gasteiger partial charge in [0.25, 0.3) is 0 Å². The molecule has 1 saturated heterocycles. The molecular formula is C6H14N2O2Se. The van der Waals surface area contributed by atoms with Crippen molar-refractivity contribution in [2.75, 3.05) is 19.6 Å². The summed E-state index contributed by atoms with van der Waals surface area (Å²) in [6.45, 7) is 4.62. The number of hydrogen-bond donors (Lipinski definition) is 1. The van der Waals surface area contributed by atoms with E-state index >= 15 is 0 Å². The van der Waals surface area contributed by atoms with Crippen LogP contribution in [0.25, 0.3) is 0 Å². The molecule has 1 fully saturated rings. The molecule has 0 spiro atoms. The first kappa shape index (κ1) is 9.13. The van der Waals surface area contributed by atoms with Gasteiger partial charge < -0.3 is 0 Å². The van der Waals surface area contributed by atoms with Gasteiger partial charge in [0.1, 0.15) is 0 Å². The molecule has 0 amide bonds. The van der Waals surface area contributed by atoms with Crippen molar-refractivity contribution in [3.8, 4) is 0 Å². The Morgan fingerprint density at radius 3 is 2.91 bits per heavy atom. The molecule has 66 valence electrons. The van der Waals surface area contributed by atoms with Gasteiger partial charge in [-0.15, -0.1) is 0 Å². The van der Waals surface area contributed by atoms with Crippen molar-refractivity contribution in [2.45, 2.75) is 18.4 Å². The van der Waals surface area contributed by atoms with Crippen LogP contribution in [0.1, 0.15) is 13.3 Å². The molecule has 0 saturated carbocycles. The molecule has 0 aromatic heterocycles. The molecule has 0 aliphatic carbocycles. The number of rotatable bonds is 3. The van der Waals surface area contributed by atoms with Crippen molar-refractivity contribution in [3.63, 3.8) is 0 Å². The van der Waals surface area contributed by atoms with Gasteiger partial charge in [-0.25, -0.2) is 0 Å². The normalized spacial score (nSPS) is 26.5. The van der Waals surface area contributed by atoms with Crippen LogP contribution in [0.15, 0.2) is 0 Å². The maximum absolute atomic E-state index is 10.7.